The number of nitrogens with one attached hydrogen (secondary N) is 1. The van der Waals surface area contributed by atoms with Crippen LogP contribution in [0.25, 0.3) is 0 Å². The molecule has 1 heterocycles. The van der Waals surface area contributed by atoms with E-state index in [1.54, 1.807) is 35.7 Å². The standard InChI is InChI=1S/C15H11ClN2O4S/c16-11-1-3-12(4-2-11)21-9-14(20)22-8-13(19)18-15-10(7-17)5-6-23-15/h1-6H,8-9H2,(H,18,19). The maximum Gasteiger partial charge on any atom is 0.344 e. The van der Waals surface area contributed by atoms with E-state index in [2.05, 4.69) is 5.32 Å². The molecule has 0 saturated carbocycles. The number of benzene rings is 1. The zero-order valence-electron chi connectivity index (χ0n) is 11.7. The van der Waals surface area contributed by atoms with Crippen LogP contribution in [0, 0.1) is 11.3 Å². The van der Waals surface area contributed by atoms with E-state index >= 15 is 0 Å². The van der Waals surface area contributed by atoms with Crippen LogP contribution in [0.5, 0.6) is 5.75 Å². The molecule has 1 amide bonds. The van der Waals surface area contributed by atoms with Crippen LogP contribution in [0.4, 0.5) is 5.00 Å². The van der Waals surface area contributed by atoms with Crippen LogP contribution in [-0.4, -0.2) is 25.1 Å². The molecule has 1 N–H and O–H groups in total. The quantitative estimate of drug-likeness (QED) is 0.809. The summed E-state index contributed by atoms with van der Waals surface area (Å²) in [6, 6.07) is 10.0. The monoisotopic (exact) mass is 350 g/mol. The Labute approximate surface area is 141 Å². The van der Waals surface area contributed by atoms with Gasteiger partial charge >= 0.3 is 5.97 Å². The second kappa shape index (κ2) is 8.17. The Balaban J connectivity index is 1.72. The highest BCUT2D eigenvalue weighted by molar-refractivity contribution is 7.14. The van der Waals surface area contributed by atoms with Gasteiger partial charge in [-0.1, -0.05) is 11.6 Å². The van der Waals surface area contributed by atoms with E-state index in [0.29, 0.717) is 21.3 Å². The van der Waals surface area contributed by atoms with Crippen LogP contribution in [-0.2, 0) is 14.3 Å². The van der Waals surface area contributed by atoms with Crippen molar-refractivity contribution >= 4 is 39.8 Å². The van der Waals surface area contributed by atoms with Crippen LogP contribution < -0.4 is 10.1 Å². The molecule has 0 radical (unpaired) electrons. The summed E-state index contributed by atoms with van der Waals surface area (Å²) in [7, 11) is 0. The number of nitrogens with zero attached hydrogens (tertiary/aromatic N) is 1. The molecule has 6 nitrogen and oxygen atoms in total. The fraction of sp³-hybridized carbons (Fsp3) is 0.133. The number of hydrogen-bond acceptors (Lipinski definition) is 6. The van der Waals surface area contributed by atoms with Crippen molar-refractivity contribution in [3.05, 3.63) is 46.3 Å². The molecule has 2 aromatic rings. The van der Waals surface area contributed by atoms with Gasteiger partial charge in [-0.2, -0.15) is 5.26 Å². The molecule has 0 spiro atoms. The van der Waals surface area contributed by atoms with Crippen LogP contribution in [0.1, 0.15) is 5.56 Å². The Morgan fingerprint density at radius 1 is 1.22 bits per heavy atom. The zero-order valence-corrected chi connectivity index (χ0v) is 13.3. The van der Waals surface area contributed by atoms with Gasteiger partial charge in [-0.25, -0.2) is 4.79 Å². The second-order valence-electron chi connectivity index (χ2n) is 4.23. The molecule has 0 aliphatic heterocycles. The minimum atomic E-state index is -0.679. The van der Waals surface area contributed by atoms with E-state index in [1.165, 1.54) is 11.3 Å². The summed E-state index contributed by atoms with van der Waals surface area (Å²) in [4.78, 5) is 23.2. The molecule has 0 fully saturated rings. The van der Waals surface area contributed by atoms with Gasteiger partial charge in [0.1, 0.15) is 16.8 Å². The van der Waals surface area contributed by atoms with E-state index < -0.39 is 18.5 Å². The number of thiophene rings is 1. The summed E-state index contributed by atoms with van der Waals surface area (Å²) in [6.45, 7) is -0.775. The smallest absolute Gasteiger partial charge is 0.344 e. The Bertz CT molecular complexity index is 737. The highest BCUT2D eigenvalue weighted by Gasteiger charge is 2.11. The topological polar surface area (TPSA) is 88.4 Å². The molecule has 23 heavy (non-hydrogen) atoms. The van der Waals surface area contributed by atoms with E-state index in [4.69, 9.17) is 26.3 Å². The molecule has 0 bridgehead atoms. The number of ether oxygens (including phenoxy) is 2. The normalized spacial score (nSPS) is 9.74. The molecule has 0 aliphatic carbocycles. The highest BCUT2D eigenvalue weighted by Crippen LogP contribution is 2.21. The first-order chi connectivity index (χ1) is 11.1. The molecule has 2 rings (SSSR count). The van der Waals surface area contributed by atoms with Crippen LogP contribution in [0.15, 0.2) is 35.7 Å². The molecule has 1 aromatic carbocycles. The van der Waals surface area contributed by atoms with Gasteiger partial charge in [0.25, 0.3) is 5.91 Å². The van der Waals surface area contributed by atoms with Gasteiger partial charge in [0, 0.05) is 5.02 Å². The van der Waals surface area contributed by atoms with Gasteiger partial charge in [0.15, 0.2) is 13.2 Å². The van der Waals surface area contributed by atoms with E-state index in [1.807, 2.05) is 6.07 Å². The molecule has 118 valence electrons. The second-order valence-corrected chi connectivity index (χ2v) is 5.58. The predicted octanol–water partition coefficient (Wildman–Crippen LogP) is 2.83. The molecule has 1 aromatic heterocycles. The first-order valence-electron chi connectivity index (χ1n) is 6.40. The van der Waals surface area contributed by atoms with Crippen molar-refractivity contribution < 1.29 is 19.1 Å². The fourth-order valence-corrected chi connectivity index (χ4v) is 2.40. The number of anilines is 1. The minimum Gasteiger partial charge on any atom is -0.482 e. The van der Waals surface area contributed by atoms with Crippen molar-refractivity contribution in [1.29, 1.82) is 5.26 Å². The predicted molar refractivity (Wildman–Crippen MR) is 85.6 cm³/mol. The third-order valence-electron chi connectivity index (χ3n) is 2.57. The first-order valence-corrected chi connectivity index (χ1v) is 7.65. The Morgan fingerprint density at radius 2 is 1.96 bits per heavy atom. The summed E-state index contributed by atoms with van der Waals surface area (Å²) in [6.07, 6.45) is 0. The number of carbonyl (C=O) groups excluding carboxylic acids is 2. The Morgan fingerprint density at radius 3 is 2.65 bits per heavy atom. The third-order valence-corrected chi connectivity index (χ3v) is 3.66. The van der Waals surface area contributed by atoms with Crippen molar-refractivity contribution in [3.63, 3.8) is 0 Å². The maximum atomic E-state index is 11.6. The summed E-state index contributed by atoms with van der Waals surface area (Å²) in [5.41, 5.74) is 0.362. The first kappa shape index (κ1) is 16.8. The van der Waals surface area contributed by atoms with E-state index in [9.17, 15) is 9.59 Å². The van der Waals surface area contributed by atoms with Crippen molar-refractivity contribution in [1.82, 2.24) is 0 Å². The SMILES string of the molecule is N#Cc1ccsc1NC(=O)COC(=O)COc1ccc(Cl)cc1. The van der Waals surface area contributed by atoms with E-state index in [0.717, 1.165) is 0 Å². The highest BCUT2D eigenvalue weighted by atomic mass is 35.5. The number of amides is 1. The lowest BCUT2D eigenvalue weighted by molar-refractivity contribution is -0.149. The zero-order chi connectivity index (χ0) is 16.7. The van der Waals surface area contributed by atoms with Crippen molar-refractivity contribution in [2.45, 2.75) is 0 Å². The van der Waals surface area contributed by atoms with Crippen LogP contribution in [0.2, 0.25) is 5.02 Å². The lowest BCUT2D eigenvalue weighted by atomic mass is 10.3. The van der Waals surface area contributed by atoms with Crippen molar-refractivity contribution in [2.24, 2.45) is 0 Å². The number of carbonyl (C=O) groups is 2. The van der Waals surface area contributed by atoms with E-state index in [-0.39, 0.29) is 6.61 Å². The third kappa shape index (κ3) is 5.29. The largest absolute Gasteiger partial charge is 0.482 e. The summed E-state index contributed by atoms with van der Waals surface area (Å²) in [5, 5.41) is 14.0. The number of esters is 1. The average Bonchev–Trinajstić information content (AvgIpc) is 2.99. The van der Waals surface area contributed by atoms with Crippen LogP contribution >= 0.6 is 22.9 Å². The van der Waals surface area contributed by atoms with Crippen LogP contribution in [0.3, 0.4) is 0 Å². The fourth-order valence-electron chi connectivity index (χ4n) is 1.52. The number of hydrogen-bond donors (Lipinski definition) is 1. The molecule has 0 saturated heterocycles. The number of nitriles is 1. The van der Waals surface area contributed by atoms with Crippen molar-refractivity contribution in [3.8, 4) is 11.8 Å². The number of rotatable bonds is 6. The molecular formula is C15H11ClN2O4S. The Kier molecular flexibility index (Phi) is 5.97. The minimum absolute atomic E-state index is 0.322. The van der Waals surface area contributed by atoms with Gasteiger partial charge in [-0.15, -0.1) is 11.3 Å². The lowest BCUT2D eigenvalue weighted by Gasteiger charge is -2.07. The summed E-state index contributed by atoms with van der Waals surface area (Å²) >= 11 is 6.94. The average molecular weight is 351 g/mol. The summed E-state index contributed by atoms with van der Waals surface area (Å²) in [5.74, 6) is -0.737. The van der Waals surface area contributed by atoms with Gasteiger partial charge in [0.05, 0.1) is 5.56 Å². The van der Waals surface area contributed by atoms with Gasteiger partial charge in [0.2, 0.25) is 0 Å². The van der Waals surface area contributed by atoms with Gasteiger partial charge < -0.3 is 14.8 Å². The lowest BCUT2D eigenvalue weighted by Crippen LogP contribution is -2.23. The molecule has 0 atom stereocenters. The maximum absolute atomic E-state index is 11.6. The van der Waals surface area contributed by atoms with Gasteiger partial charge in [-0.05, 0) is 35.7 Å². The van der Waals surface area contributed by atoms with Crippen molar-refractivity contribution in [2.75, 3.05) is 18.5 Å². The summed E-state index contributed by atoms with van der Waals surface area (Å²) < 4.78 is 9.98. The van der Waals surface area contributed by atoms with Gasteiger partial charge in [-0.3, -0.25) is 4.79 Å². The molecule has 8 heteroatoms. The Hall–Kier alpha value is -2.56. The molecule has 0 aliphatic rings. The molecule has 0 unspecified atom stereocenters. The molecular weight excluding hydrogens is 340 g/mol. The number of halogens is 1.